The Hall–Kier alpha value is -2.16. The fourth-order valence-corrected chi connectivity index (χ4v) is 3.68. The van der Waals surface area contributed by atoms with Crippen molar-refractivity contribution in [1.82, 2.24) is 0 Å². The molecular weight excluding hydrogens is 504 g/mol. The summed E-state index contributed by atoms with van der Waals surface area (Å²) < 4.78 is 27.3. The first kappa shape index (κ1) is 36.8. The van der Waals surface area contributed by atoms with Crippen molar-refractivity contribution in [3.8, 4) is 0 Å². The quantitative estimate of drug-likeness (QED) is 0.0692. The van der Waals surface area contributed by atoms with Crippen LogP contribution in [-0.2, 0) is 42.9 Å². The van der Waals surface area contributed by atoms with Crippen molar-refractivity contribution in [2.24, 2.45) is 0 Å². The molecule has 0 aliphatic carbocycles. The number of ether oxygens (including phenoxy) is 5. The third-order valence-corrected chi connectivity index (χ3v) is 5.97. The number of carbonyl (C=O) groups excluding carboxylic acids is 4. The van der Waals surface area contributed by atoms with Gasteiger partial charge in [-0.3, -0.25) is 19.2 Å². The van der Waals surface area contributed by atoms with Crippen LogP contribution in [-0.4, -0.2) is 62.5 Å². The number of rotatable bonds is 26. The zero-order chi connectivity index (χ0) is 29.1. The van der Waals surface area contributed by atoms with E-state index in [1.54, 1.807) is 0 Å². The zero-order valence-electron chi connectivity index (χ0n) is 25.0. The number of hydrogen-bond donors (Lipinski definition) is 0. The second-order valence-corrected chi connectivity index (χ2v) is 9.96. The standard InChI is InChI=1S/C30H54O9/c1-5-9-12-13-16-20-30(34)39-26(24-37-28(32)19-15-11-7-3)22-35-21-25(38-29(33)17-8-4)23-36-27(31)18-14-10-6-2/h25-26H,5-24H2,1-4H3. The molecule has 2 atom stereocenters. The van der Waals surface area contributed by atoms with Gasteiger partial charge in [-0.1, -0.05) is 79.1 Å². The Morgan fingerprint density at radius 3 is 1.28 bits per heavy atom. The summed E-state index contributed by atoms with van der Waals surface area (Å²) in [5, 5.41) is 0. The van der Waals surface area contributed by atoms with E-state index in [1.165, 1.54) is 0 Å². The van der Waals surface area contributed by atoms with Crippen molar-refractivity contribution >= 4 is 23.9 Å². The first-order valence-corrected chi connectivity index (χ1v) is 15.1. The second kappa shape index (κ2) is 26.1. The molecule has 2 unspecified atom stereocenters. The van der Waals surface area contributed by atoms with Gasteiger partial charge in [0, 0.05) is 25.7 Å². The lowest BCUT2D eigenvalue weighted by atomic mass is 10.1. The molecule has 0 fully saturated rings. The first-order chi connectivity index (χ1) is 18.9. The van der Waals surface area contributed by atoms with Crippen LogP contribution in [0.4, 0.5) is 0 Å². The Kier molecular flexibility index (Phi) is 24.6. The number of carbonyl (C=O) groups is 4. The van der Waals surface area contributed by atoms with Crippen LogP contribution >= 0.6 is 0 Å². The van der Waals surface area contributed by atoms with E-state index < -0.39 is 18.2 Å². The molecule has 0 aliphatic rings. The predicted octanol–water partition coefficient (Wildman–Crippen LogP) is 6.23. The molecular formula is C30H54O9. The van der Waals surface area contributed by atoms with Crippen molar-refractivity contribution in [3.05, 3.63) is 0 Å². The van der Waals surface area contributed by atoms with E-state index in [0.717, 1.165) is 70.6 Å². The van der Waals surface area contributed by atoms with Crippen LogP contribution < -0.4 is 0 Å². The lowest BCUT2D eigenvalue weighted by Crippen LogP contribution is -2.34. The molecule has 9 heteroatoms. The molecule has 39 heavy (non-hydrogen) atoms. The summed E-state index contributed by atoms with van der Waals surface area (Å²) in [5.74, 6) is -1.46. The van der Waals surface area contributed by atoms with E-state index in [-0.39, 0.29) is 57.2 Å². The van der Waals surface area contributed by atoms with Crippen LogP contribution in [0.25, 0.3) is 0 Å². The summed E-state index contributed by atoms with van der Waals surface area (Å²) in [4.78, 5) is 48.5. The minimum absolute atomic E-state index is 0.0455. The van der Waals surface area contributed by atoms with Gasteiger partial charge in [0.15, 0.2) is 12.2 Å². The van der Waals surface area contributed by atoms with Crippen LogP contribution in [0.3, 0.4) is 0 Å². The Bertz CT molecular complexity index is 650. The van der Waals surface area contributed by atoms with Crippen LogP contribution in [0.2, 0.25) is 0 Å². The zero-order valence-corrected chi connectivity index (χ0v) is 25.0. The van der Waals surface area contributed by atoms with Crippen molar-refractivity contribution in [3.63, 3.8) is 0 Å². The fraction of sp³-hybridized carbons (Fsp3) is 0.867. The minimum Gasteiger partial charge on any atom is -0.462 e. The van der Waals surface area contributed by atoms with Crippen LogP contribution in [0, 0.1) is 0 Å². The van der Waals surface area contributed by atoms with E-state index in [9.17, 15) is 19.2 Å². The number of hydrogen-bond acceptors (Lipinski definition) is 9. The smallest absolute Gasteiger partial charge is 0.306 e. The molecule has 0 radical (unpaired) electrons. The Morgan fingerprint density at radius 2 is 0.821 bits per heavy atom. The number of unbranched alkanes of at least 4 members (excludes halogenated alkanes) is 8. The highest BCUT2D eigenvalue weighted by atomic mass is 16.6. The van der Waals surface area contributed by atoms with Gasteiger partial charge < -0.3 is 23.7 Å². The van der Waals surface area contributed by atoms with Gasteiger partial charge >= 0.3 is 23.9 Å². The molecule has 0 amide bonds. The van der Waals surface area contributed by atoms with Gasteiger partial charge in [-0.05, 0) is 25.7 Å². The van der Waals surface area contributed by atoms with Crippen molar-refractivity contribution in [1.29, 1.82) is 0 Å². The lowest BCUT2D eigenvalue weighted by Gasteiger charge is -2.21. The summed E-state index contributed by atoms with van der Waals surface area (Å²) >= 11 is 0. The molecule has 0 spiro atoms. The molecule has 0 saturated heterocycles. The highest BCUT2D eigenvalue weighted by Crippen LogP contribution is 2.09. The molecule has 0 aromatic heterocycles. The largest absolute Gasteiger partial charge is 0.462 e. The van der Waals surface area contributed by atoms with Gasteiger partial charge in [0.25, 0.3) is 0 Å². The van der Waals surface area contributed by atoms with E-state index in [1.807, 2.05) is 6.92 Å². The minimum atomic E-state index is -0.786. The maximum absolute atomic E-state index is 12.4. The third kappa shape index (κ3) is 23.4. The molecule has 228 valence electrons. The Labute approximate surface area is 236 Å². The average molecular weight is 559 g/mol. The monoisotopic (exact) mass is 558 g/mol. The van der Waals surface area contributed by atoms with Gasteiger partial charge in [-0.25, -0.2) is 0 Å². The molecule has 0 heterocycles. The summed E-state index contributed by atoms with van der Waals surface area (Å²) in [7, 11) is 0. The van der Waals surface area contributed by atoms with E-state index in [0.29, 0.717) is 19.3 Å². The van der Waals surface area contributed by atoms with Crippen molar-refractivity contribution in [2.75, 3.05) is 26.4 Å². The van der Waals surface area contributed by atoms with Crippen molar-refractivity contribution < 1.29 is 42.9 Å². The molecule has 0 aromatic rings. The SMILES string of the molecule is CCCCCCCC(=O)OC(COCC(COC(=O)CCCCC)OC(=O)CCC)COC(=O)CCCCC. The average Bonchev–Trinajstić information content (AvgIpc) is 2.90. The Morgan fingerprint density at radius 1 is 0.436 bits per heavy atom. The maximum Gasteiger partial charge on any atom is 0.306 e. The van der Waals surface area contributed by atoms with Crippen LogP contribution in [0.15, 0.2) is 0 Å². The summed E-state index contributed by atoms with van der Waals surface area (Å²) in [6.45, 7) is 7.79. The summed E-state index contributed by atoms with van der Waals surface area (Å²) in [5.41, 5.74) is 0. The molecule has 9 nitrogen and oxygen atoms in total. The highest BCUT2D eigenvalue weighted by Gasteiger charge is 2.21. The highest BCUT2D eigenvalue weighted by molar-refractivity contribution is 5.71. The van der Waals surface area contributed by atoms with Crippen LogP contribution in [0.5, 0.6) is 0 Å². The lowest BCUT2D eigenvalue weighted by molar-refractivity contribution is -0.168. The summed E-state index contributed by atoms with van der Waals surface area (Å²) in [6.07, 6.45) is 10.6. The van der Waals surface area contributed by atoms with E-state index >= 15 is 0 Å². The molecule has 0 aromatic carbocycles. The first-order valence-electron chi connectivity index (χ1n) is 15.1. The fourth-order valence-electron chi connectivity index (χ4n) is 3.68. The number of esters is 4. The molecule has 0 saturated carbocycles. The van der Waals surface area contributed by atoms with E-state index in [4.69, 9.17) is 23.7 Å². The maximum atomic E-state index is 12.4. The van der Waals surface area contributed by atoms with Crippen molar-refractivity contribution in [2.45, 2.75) is 143 Å². The van der Waals surface area contributed by atoms with Gasteiger partial charge in [-0.15, -0.1) is 0 Å². The topological polar surface area (TPSA) is 114 Å². The predicted molar refractivity (Wildman–Crippen MR) is 149 cm³/mol. The molecule has 0 N–H and O–H groups in total. The summed E-state index contributed by atoms with van der Waals surface area (Å²) in [6, 6.07) is 0. The van der Waals surface area contributed by atoms with Crippen LogP contribution in [0.1, 0.15) is 130 Å². The third-order valence-electron chi connectivity index (χ3n) is 5.97. The Balaban J connectivity index is 4.91. The molecule has 0 aliphatic heterocycles. The van der Waals surface area contributed by atoms with E-state index in [2.05, 4.69) is 20.8 Å². The second-order valence-electron chi connectivity index (χ2n) is 9.96. The van der Waals surface area contributed by atoms with Gasteiger partial charge in [0.05, 0.1) is 13.2 Å². The molecule has 0 rings (SSSR count). The molecule has 0 bridgehead atoms. The normalized spacial score (nSPS) is 12.4. The van der Waals surface area contributed by atoms with Gasteiger partial charge in [0.1, 0.15) is 13.2 Å². The van der Waals surface area contributed by atoms with Gasteiger partial charge in [-0.2, -0.15) is 0 Å². The van der Waals surface area contributed by atoms with Gasteiger partial charge in [0.2, 0.25) is 0 Å².